The molecule has 6 nitrogen and oxygen atoms in total. The molecule has 0 N–H and O–H groups in total. The normalized spacial score (nSPS) is 15.1. The first-order valence-electron chi connectivity index (χ1n) is 9.49. The number of benzene rings is 2. The van der Waals surface area contributed by atoms with Gasteiger partial charge in [-0.05, 0) is 61.7 Å². The molecule has 0 saturated carbocycles. The summed E-state index contributed by atoms with van der Waals surface area (Å²) in [4.78, 5) is 22.1. The Morgan fingerprint density at radius 2 is 1.75 bits per heavy atom. The fraction of sp³-hybridized carbons (Fsp3) is 0.364. The third kappa shape index (κ3) is 2.99. The summed E-state index contributed by atoms with van der Waals surface area (Å²) < 4.78 is 10.6. The molecule has 0 amide bonds. The second-order valence-corrected chi connectivity index (χ2v) is 7.19. The molecule has 2 aliphatic rings. The van der Waals surface area contributed by atoms with E-state index in [2.05, 4.69) is 30.9 Å². The van der Waals surface area contributed by atoms with Gasteiger partial charge in [0.25, 0.3) is 0 Å². The average molecular weight is 379 g/mol. The predicted molar refractivity (Wildman–Crippen MR) is 111 cm³/mol. The van der Waals surface area contributed by atoms with Crippen molar-refractivity contribution in [2.45, 2.75) is 20.3 Å². The lowest BCUT2D eigenvalue weighted by Gasteiger charge is -2.26. The summed E-state index contributed by atoms with van der Waals surface area (Å²) in [6.45, 7) is 6.17. The monoisotopic (exact) mass is 379 g/mol. The van der Waals surface area contributed by atoms with Gasteiger partial charge in [0.05, 0.1) is 32.1 Å². The Morgan fingerprint density at radius 1 is 1.04 bits per heavy atom. The topological polar surface area (TPSA) is 54.4 Å². The van der Waals surface area contributed by atoms with Crippen LogP contribution in [0.5, 0.6) is 11.5 Å². The number of rotatable bonds is 5. The Morgan fingerprint density at radius 3 is 2.46 bits per heavy atom. The Hall–Kier alpha value is -3.02. The van der Waals surface area contributed by atoms with Crippen molar-refractivity contribution in [1.82, 2.24) is 0 Å². The molecule has 6 heteroatoms. The quantitative estimate of drug-likeness (QED) is 0.743. The fourth-order valence-electron chi connectivity index (χ4n) is 3.78. The average Bonchev–Trinajstić information content (AvgIpc) is 3.00. The second-order valence-electron chi connectivity index (χ2n) is 7.19. The van der Waals surface area contributed by atoms with E-state index in [1.54, 1.807) is 32.4 Å². The van der Waals surface area contributed by atoms with Gasteiger partial charge in [-0.2, -0.15) is 0 Å². The molecule has 0 atom stereocenters. The zero-order valence-corrected chi connectivity index (χ0v) is 16.8. The van der Waals surface area contributed by atoms with Crippen LogP contribution in [0, 0.1) is 13.8 Å². The zero-order chi connectivity index (χ0) is 19.8. The summed E-state index contributed by atoms with van der Waals surface area (Å²) in [6, 6.07) is 9.64. The van der Waals surface area contributed by atoms with Crippen molar-refractivity contribution in [3.63, 3.8) is 0 Å². The number of anilines is 2. The Kier molecular flexibility index (Phi) is 4.71. The minimum atomic E-state index is 0.0141. The molecule has 146 valence electrons. The van der Waals surface area contributed by atoms with Crippen LogP contribution in [0.25, 0.3) is 0 Å². The van der Waals surface area contributed by atoms with Gasteiger partial charge in [0.2, 0.25) is 5.96 Å². The van der Waals surface area contributed by atoms with Gasteiger partial charge in [-0.25, -0.2) is 0 Å². The Balaban J connectivity index is 1.68. The maximum Gasteiger partial charge on any atom is 0.206 e. The smallest absolute Gasteiger partial charge is 0.206 e. The van der Waals surface area contributed by atoms with Crippen LogP contribution in [0.3, 0.4) is 0 Å². The highest BCUT2D eigenvalue weighted by atomic mass is 16.5. The number of ketones is 1. The van der Waals surface area contributed by atoms with Gasteiger partial charge < -0.3 is 19.3 Å². The molecule has 28 heavy (non-hydrogen) atoms. The minimum Gasteiger partial charge on any atom is -0.493 e. The summed E-state index contributed by atoms with van der Waals surface area (Å²) in [5, 5.41) is 0. The van der Waals surface area contributed by atoms with Crippen molar-refractivity contribution in [2.24, 2.45) is 4.99 Å². The number of carbonyl (C=O) groups is 1. The van der Waals surface area contributed by atoms with E-state index in [9.17, 15) is 4.79 Å². The minimum absolute atomic E-state index is 0.0141. The largest absolute Gasteiger partial charge is 0.493 e. The van der Waals surface area contributed by atoms with Crippen LogP contribution in [-0.2, 0) is 0 Å². The first kappa shape index (κ1) is 18.3. The van der Waals surface area contributed by atoms with E-state index in [0.717, 1.165) is 36.8 Å². The molecule has 2 aromatic carbocycles. The summed E-state index contributed by atoms with van der Waals surface area (Å²) in [5.74, 6) is 2.05. The third-order valence-electron chi connectivity index (χ3n) is 5.46. The maximum absolute atomic E-state index is 13.1. The van der Waals surface area contributed by atoms with E-state index in [4.69, 9.17) is 14.5 Å². The summed E-state index contributed by atoms with van der Waals surface area (Å²) in [7, 11) is 3.16. The molecule has 0 fully saturated rings. The van der Waals surface area contributed by atoms with Crippen LogP contribution in [-0.4, -0.2) is 45.6 Å². The van der Waals surface area contributed by atoms with Gasteiger partial charge >= 0.3 is 0 Å². The molecule has 0 bridgehead atoms. The highest BCUT2D eigenvalue weighted by molar-refractivity contribution is 6.19. The number of hydrogen-bond acceptors (Lipinski definition) is 6. The molecule has 0 aromatic heterocycles. The fourth-order valence-corrected chi connectivity index (χ4v) is 3.78. The lowest BCUT2D eigenvalue weighted by atomic mass is 10.1. The van der Waals surface area contributed by atoms with Gasteiger partial charge in [-0.3, -0.25) is 9.79 Å². The highest BCUT2D eigenvalue weighted by Crippen LogP contribution is 2.40. The first-order chi connectivity index (χ1) is 13.5. The van der Waals surface area contributed by atoms with Gasteiger partial charge in [-0.1, -0.05) is 0 Å². The van der Waals surface area contributed by atoms with Crippen LogP contribution in [0.4, 0.5) is 11.4 Å². The van der Waals surface area contributed by atoms with E-state index in [1.165, 1.54) is 11.1 Å². The first-order valence-corrected chi connectivity index (χ1v) is 9.49. The van der Waals surface area contributed by atoms with Crippen molar-refractivity contribution in [1.29, 1.82) is 0 Å². The molecule has 0 spiro atoms. The van der Waals surface area contributed by atoms with E-state index in [1.807, 2.05) is 4.90 Å². The van der Waals surface area contributed by atoms with Crippen molar-refractivity contribution in [3.05, 3.63) is 47.0 Å². The predicted octanol–water partition coefficient (Wildman–Crippen LogP) is 3.59. The maximum atomic E-state index is 13.1. The van der Waals surface area contributed by atoms with E-state index < -0.39 is 0 Å². The van der Waals surface area contributed by atoms with Crippen molar-refractivity contribution in [2.75, 3.05) is 43.7 Å². The van der Waals surface area contributed by atoms with Crippen molar-refractivity contribution >= 4 is 23.1 Å². The van der Waals surface area contributed by atoms with Crippen LogP contribution in [0.2, 0.25) is 0 Å². The highest BCUT2D eigenvalue weighted by Gasteiger charge is 2.35. The number of Topliss-reactive ketones (excluding diaryl/α,β-unsaturated/α-hetero) is 1. The molecule has 0 radical (unpaired) electrons. The van der Waals surface area contributed by atoms with E-state index in [0.29, 0.717) is 17.1 Å². The molecule has 4 rings (SSSR count). The lowest BCUT2D eigenvalue weighted by molar-refractivity contribution is 0.100. The molecule has 0 aliphatic carbocycles. The zero-order valence-electron chi connectivity index (χ0n) is 16.8. The van der Waals surface area contributed by atoms with Gasteiger partial charge in [0.15, 0.2) is 17.3 Å². The van der Waals surface area contributed by atoms with Gasteiger partial charge in [0.1, 0.15) is 0 Å². The number of aliphatic imine (C=N–C) groups is 1. The number of nitrogens with zero attached hydrogens (tertiary/aromatic N) is 3. The number of aryl methyl sites for hydroxylation is 2. The van der Waals surface area contributed by atoms with Crippen molar-refractivity contribution < 1.29 is 14.3 Å². The van der Waals surface area contributed by atoms with Crippen LogP contribution < -0.4 is 19.3 Å². The van der Waals surface area contributed by atoms with Crippen LogP contribution in [0.15, 0.2) is 35.3 Å². The summed E-state index contributed by atoms with van der Waals surface area (Å²) >= 11 is 0. The number of ether oxygens (including phenoxy) is 2. The number of fused-ring (bicyclic) bond motifs is 3. The Labute approximate surface area is 165 Å². The number of guanidine groups is 1. The number of hydrogen-bond donors (Lipinski definition) is 0. The number of methoxy groups -OCH3 is 2. The molecule has 2 aromatic rings. The van der Waals surface area contributed by atoms with Gasteiger partial charge in [-0.15, -0.1) is 0 Å². The molecule has 0 unspecified atom stereocenters. The summed E-state index contributed by atoms with van der Waals surface area (Å²) in [5.41, 5.74) is 5.25. The SMILES string of the molecule is COc1ccc(C(=O)CN2C3=NCCCN3c3cc(C)c(C)cc32)cc1OC. The van der Waals surface area contributed by atoms with Crippen LogP contribution >= 0.6 is 0 Å². The van der Waals surface area contributed by atoms with Crippen molar-refractivity contribution in [3.8, 4) is 11.5 Å². The van der Waals surface area contributed by atoms with E-state index >= 15 is 0 Å². The standard InChI is InChI=1S/C22H25N3O3/c1-14-10-17-18(11-15(14)2)25(22-23-8-5-9-24(17)22)13-19(26)16-6-7-20(27-3)21(12-16)28-4/h6-7,10-12H,5,8-9,13H2,1-4H3. The molecule has 2 heterocycles. The van der Waals surface area contributed by atoms with Crippen LogP contribution in [0.1, 0.15) is 27.9 Å². The van der Waals surface area contributed by atoms with Gasteiger partial charge in [0, 0.05) is 18.7 Å². The molecule has 2 aliphatic heterocycles. The third-order valence-corrected chi connectivity index (χ3v) is 5.46. The molecule has 0 saturated heterocycles. The molecular formula is C22H25N3O3. The number of carbonyl (C=O) groups excluding carboxylic acids is 1. The second kappa shape index (κ2) is 7.19. The molecular weight excluding hydrogens is 354 g/mol. The lowest BCUT2D eigenvalue weighted by Crippen LogP contribution is -2.43. The van der Waals surface area contributed by atoms with E-state index in [-0.39, 0.29) is 12.3 Å². The summed E-state index contributed by atoms with van der Waals surface area (Å²) in [6.07, 6.45) is 1.02. The Bertz CT molecular complexity index is 968.